The Morgan fingerprint density at radius 3 is 2.59 bits per heavy atom. The summed E-state index contributed by atoms with van der Waals surface area (Å²) in [6.45, 7) is 2.96. The summed E-state index contributed by atoms with van der Waals surface area (Å²) in [4.78, 5) is 42.8. The van der Waals surface area contributed by atoms with Gasteiger partial charge in [-0.05, 0) is 30.7 Å². The molecule has 2 N–H and O–H groups in total. The molecule has 10 heteroatoms. The fourth-order valence-corrected chi connectivity index (χ4v) is 3.56. The number of benzene rings is 1. The van der Waals surface area contributed by atoms with Crippen molar-refractivity contribution in [2.75, 3.05) is 38.7 Å². The van der Waals surface area contributed by atoms with Gasteiger partial charge in [0.15, 0.2) is 5.13 Å². The lowest BCUT2D eigenvalue weighted by Crippen LogP contribution is -2.40. The van der Waals surface area contributed by atoms with Gasteiger partial charge in [-0.3, -0.25) is 14.4 Å². The van der Waals surface area contributed by atoms with Crippen molar-refractivity contribution in [3.05, 3.63) is 46.7 Å². The van der Waals surface area contributed by atoms with Crippen molar-refractivity contribution < 1.29 is 23.5 Å². The number of nitrogens with zero attached hydrogens (tertiary/aromatic N) is 2. The normalized spacial score (nSPS) is 10.6. The molecular formula is C22H29FN4O4S. The first-order chi connectivity index (χ1) is 15.4. The van der Waals surface area contributed by atoms with Gasteiger partial charge in [0.25, 0.3) is 5.91 Å². The molecule has 0 aliphatic heterocycles. The van der Waals surface area contributed by atoms with Crippen LogP contribution in [0.1, 0.15) is 42.2 Å². The van der Waals surface area contributed by atoms with E-state index in [-0.39, 0.29) is 37.6 Å². The summed E-state index contributed by atoms with van der Waals surface area (Å²) < 4.78 is 18.2. The van der Waals surface area contributed by atoms with Crippen LogP contribution in [0.25, 0.3) is 0 Å². The van der Waals surface area contributed by atoms with Crippen LogP contribution in [0.4, 0.5) is 9.52 Å². The molecule has 1 aromatic heterocycles. The monoisotopic (exact) mass is 464 g/mol. The number of rotatable bonds is 13. The molecule has 0 radical (unpaired) electrons. The van der Waals surface area contributed by atoms with Crippen molar-refractivity contribution in [1.29, 1.82) is 0 Å². The molecule has 8 nitrogen and oxygen atoms in total. The summed E-state index contributed by atoms with van der Waals surface area (Å²) in [5, 5.41) is 7.58. The van der Waals surface area contributed by atoms with E-state index in [1.54, 1.807) is 5.38 Å². The number of hydrogen-bond donors (Lipinski definition) is 2. The Kier molecular flexibility index (Phi) is 10.8. The van der Waals surface area contributed by atoms with Crippen molar-refractivity contribution in [3.8, 4) is 0 Å². The quantitative estimate of drug-likeness (QED) is 0.444. The Balaban J connectivity index is 1.90. The molecule has 0 spiro atoms. The molecule has 0 aliphatic rings. The van der Waals surface area contributed by atoms with E-state index in [1.165, 1.54) is 47.6 Å². The number of anilines is 1. The molecule has 1 aromatic carbocycles. The van der Waals surface area contributed by atoms with Crippen LogP contribution >= 0.6 is 11.3 Å². The zero-order chi connectivity index (χ0) is 23.3. The summed E-state index contributed by atoms with van der Waals surface area (Å²) >= 11 is 1.21. The third-order valence-corrected chi connectivity index (χ3v) is 5.33. The van der Waals surface area contributed by atoms with Crippen molar-refractivity contribution >= 4 is 34.2 Å². The van der Waals surface area contributed by atoms with E-state index in [1.807, 2.05) is 0 Å². The van der Waals surface area contributed by atoms with Gasteiger partial charge < -0.3 is 20.3 Å². The van der Waals surface area contributed by atoms with Gasteiger partial charge in [0.05, 0.1) is 18.7 Å². The summed E-state index contributed by atoms with van der Waals surface area (Å²) in [5.74, 6) is -1.39. The summed E-state index contributed by atoms with van der Waals surface area (Å²) in [7, 11) is 1.50. The summed E-state index contributed by atoms with van der Waals surface area (Å²) in [6.07, 6.45) is 3.24. The van der Waals surface area contributed by atoms with Crippen LogP contribution in [-0.4, -0.2) is 61.0 Å². The minimum atomic E-state index is -0.447. The molecule has 0 aliphatic carbocycles. The van der Waals surface area contributed by atoms with Crippen LogP contribution in [0.2, 0.25) is 0 Å². The Morgan fingerprint density at radius 2 is 1.91 bits per heavy atom. The Bertz CT molecular complexity index is 888. The van der Waals surface area contributed by atoms with Crippen molar-refractivity contribution in [2.24, 2.45) is 0 Å². The van der Waals surface area contributed by atoms with Gasteiger partial charge in [-0.15, -0.1) is 11.3 Å². The highest BCUT2D eigenvalue weighted by molar-refractivity contribution is 7.13. The number of aromatic nitrogens is 1. The Labute approximate surface area is 191 Å². The van der Waals surface area contributed by atoms with E-state index >= 15 is 0 Å². The SMILES string of the molecule is CCCCCNC(=O)Cc1csc(NC(=O)CN(CCOC)C(=O)c2ccc(F)cc2)n1. The first-order valence-electron chi connectivity index (χ1n) is 10.5. The maximum absolute atomic E-state index is 13.1. The van der Waals surface area contributed by atoms with Gasteiger partial charge in [-0.2, -0.15) is 0 Å². The van der Waals surface area contributed by atoms with Gasteiger partial charge >= 0.3 is 0 Å². The fraction of sp³-hybridized carbons (Fsp3) is 0.455. The third-order valence-electron chi connectivity index (χ3n) is 4.52. The summed E-state index contributed by atoms with van der Waals surface area (Å²) in [5.41, 5.74) is 0.841. The molecule has 174 valence electrons. The number of halogens is 1. The van der Waals surface area contributed by atoms with Crippen LogP contribution in [0.5, 0.6) is 0 Å². The van der Waals surface area contributed by atoms with Crippen molar-refractivity contribution in [1.82, 2.24) is 15.2 Å². The van der Waals surface area contributed by atoms with E-state index in [9.17, 15) is 18.8 Å². The van der Waals surface area contributed by atoms with Gasteiger partial charge in [0.1, 0.15) is 12.4 Å². The number of carbonyl (C=O) groups excluding carboxylic acids is 3. The van der Waals surface area contributed by atoms with Gasteiger partial charge in [-0.25, -0.2) is 9.37 Å². The Hall–Kier alpha value is -2.85. The maximum Gasteiger partial charge on any atom is 0.254 e. The second kappa shape index (κ2) is 13.5. The van der Waals surface area contributed by atoms with Crippen LogP contribution in [0.3, 0.4) is 0 Å². The van der Waals surface area contributed by atoms with E-state index in [2.05, 4.69) is 22.5 Å². The molecule has 32 heavy (non-hydrogen) atoms. The van der Waals surface area contributed by atoms with E-state index in [0.717, 1.165) is 19.3 Å². The van der Waals surface area contributed by atoms with Crippen molar-refractivity contribution in [3.63, 3.8) is 0 Å². The number of nitrogens with one attached hydrogen (secondary N) is 2. The smallest absolute Gasteiger partial charge is 0.254 e. The number of ether oxygens (including phenoxy) is 1. The molecule has 0 bridgehead atoms. The molecule has 0 atom stereocenters. The second-order valence-corrected chi connectivity index (χ2v) is 8.01. The number of thiazole rings is 1. The van der Waals surface area contributed by atoms with Crippen LogP contribution in [-0.2, 0) is 20.7 Å². The molecule has 1 heterocycles. The topological polar surface area (TPSA) is 101 Å². The zero-order valence-corrected chi connectivity index (χ0v) is 19.2. The number of hydrogen-bond acceptors (Lipinski definition) is 6. The number of amides is 3. The molecular weight excluding hydrogens is 435 g/mol. The lowest BCUT2D eigenvalue weighted by Gasteiger charge is -2.21. The third kappa shape index (κ3) is 8.72. The highest BCUT2D eigenvalue weighted by atomic mass is 32.1. The number of unbranched alkanes of at least 4 members (excludes halogenated alkanes) is 2. The largest absolute Gasteiger partial charge is 0.383 e. The predicted molar refractivity (Wildman–Crippen MR) is 121 cm³/mol. The number of carbonyl (C=O) groups is 3. The molecule has 2 rings (SSSR count). The van der Waals surface area contributed by atoms with Crippen LogP contribution in [0.15, 0.2) is 29.6 Å². The predicted octanol–water partition coefficient (Wildman–Crippen LogP) is 2.86. The van der Waals surface area contributed by atoms with E-state index < -0.39 is 17.6 Å². The molecule has 2 aromatic rings. The molecule has 0 saturated heterocycles. The summed E-state index contributed by atoms with van der Waals surface area (Å²) in [6, 6.07) is 5.13. The first-order valence-corrected chi connectivity index (χ1v) is 11.4. The van der Waals surface area contributed by atoms with Crippen LogP contribution < -0.4 is 10.6 Å². The first kappa shape index (κ1) is 25.4. The average molecular weight is 465 g/mol. The van der Waals surface area contributed by atoms with Gasteiger partial charge in [-0.1, -0.05) is 19.8 Å². The Morgan fingerprint density at radius 1 is 1.16 bits per heavy atom. The van der Waals surface area contributed by atoms with E-state index in [4.69, 9.17) is 4.74 Å². The molecule has 0 fully saturated rings. The molecule has 0 saturated carbocycles. The molecule has 0 unspecified atom stereocenters. The van der Waals surface area contributed by atoms with E-state index in [0.29, 0.717) is 17.4 Å². The highest BCUT2D eigenvalue weighted by Gasteiger charge is 2.20. The minimum Gasteiger partial charge on any atom is -0.383 e. The number of methoxy groups -OCH3 is 1. The fourth-order valence-electron chi connectivity index (χ4n) is 2.84. The standard InChI is InChI=1S/C22H29FN4O4S/c1-3-4-5-10-24-19(28)13-18-15-32-22(25-18)26-20(29)14-27(11-12-31-2)21(30)16-6-8-17(23)9-7-16/h6-9,15H,3-5,10-14H2,1-2H3,(H,24,28)(H,25,26,29). The average Bonchev–Trinajstić information content (AvgIpc) is 3.20. The van der Waals surface area contributed by atoms with Crippen LogP contribution in [0, 0.1) is 5.82 Å². The minimum absolute atomic E-state index is 0.111. The van der Waals surface area contributed by atoms with Crippen molar-refractivity contribution in [2.45, 2.75) is 32.6 Å². The lowest BCUT2D eigenvalue weighted by molar-refractivity contribution is -0.120. The molecule has 3 amide bonds. The maximum atomic E-state index is 13.1. The van der Waals surface area contributed by atoms with Gasteiger partial charge in [0.2, 0.25) is 11.8 Å². The van der Waals surface area contributed by atoms with Gasteiger partial charge in [0, 0.05) is 31.1 Å². The highest BCUT2D eigenvalue weighted by Crippen LogP contribution is 2.16. The zero-order valence-electron chi connectivity index (χ0n) is 18.4. The second-order valence-electron chi connectivity index (χ2n) is 7.15. The lowest BCUT2D eigenvalue weighted by atomic mass is 10.2.